The maximum atomic E-state index is 12.1. The molecule has 118 valence electrons. The van der Waals surface area contributed by atoms with Gasteiger partial charge in [-0.2, -0.15) is 0 Å². The van der Waals surface area contributed by atoms with Gasteiger partial charge in [-0.1, -0.05) is 0 Å². The lowest BCUT2D eigenvalue weighted by Crippen LogP contribution is -2.57. The summed E-state index contributed by atoms with van der Waals surface area (Å²) in [6, 6.07) is 6.51. The number of anilines is 2. The van der Waals surface area contributed by atoms with Gasteiger partial charge in [0.25, 0.3) is 0 Å². The van der Waals surface area contributed by atoms with Crippen LogP contribution in [0.25, 0.3) is 0 Å². The summed E-state index contributed by atoms with van der Waals surface area (Å²) >= 11 is 0. The summed E-state index contributed by atoms with van der Waals surface area (Å²) in [5.74, 6) is -1.26. The summed E-state index contributed by atoms with van der Waals surface area (Å²) in [6.07, 6.45) is 0.0166. The van der Waals surface area contributed by atoms with Crippen LogP contribution in [0.3, 0.4) is 0 Å². The molecule has 4 amide bonds. The molecule has 1 aromatic rings. The van der Waals surface area contributed by atoms with Crippen molar-refractivity contribution in [2.75, 3.05) is 24.3 Å². The number of urea groups is 1. The third-order valence-corrected chi connectivity index (χ3v) is 3.61. The number of amides is 4. The zero-order valence-corrected chi connectivity index (χ0v) is 12.8. The molecular weight excluding hydrogens is 284 g/mol. The number of carbonyl (C=O) groups is 3. The predicted octanol–water partition coefficient (Wildman–Crippen LogP) is 0.925. The smallest absolute Gasteiger partial charge is 0.321 e. The van der Waals surface area contributed by atoms with Crippen LogP contribution in [0.2, 0.25) is 0 Å². The first-order chi connectivity index (χ1) is 10.4. The Hall–Kier alpha value is -2.57. The lowest BCUT2D eigenvalue weighted by atomic mass is 9.94. The number of benzene rings is 1. The maximum Gasteiger partial charge on any atom is 0.321 e. The highest BCUT2D eigenvalue weighted by Gasteiger charge is 2.34. The van der Waals surface area contributed by atoms with Crippen molar-refractivity contribution in [3.8, 4) is 0 Å². The van der Waals surface area contributed by atoms with E-state index in [4.69, 9.17) is 0 Å². The van der Waals surface area contributed by atoms with Crippen molar-refractivity contribution in [3.05, 3.63) is 24.3 Å². The van der Waals surface area contributed by atoms with Gasteiger partial charge in [0.1, 0.15) is 0 Å². The van der Waals surface area contributed by atoms with E-state index in [-0.39, 0.29) is 18.4 Å². The first-order valence-corrected chi connectivity index (χ1v) is 7.05. The van der Waals surface area contributed by atoms with Crippen LogP contribution in [-0.2, 0) is 9.59 Å². The van der Waals surface area contributed by atoms with E-state index < -0.39 is 17.9 Å². The highest BCUT2D eigenvalue weighted by atomic mass is 16.2. The Labute approximate surface area is 129 Å². The van der Waals surface area contributed by atoms with Crippen LogP contribution in [0.5, 0.6) is 0 Å². The van der Waals surface area contributed by atoms with E-state index >= 15 is 0 Å². The molecule has 1 aliphatic rings. The molecule has 3 N–H and O–H groups in total. The average molecular weight is 304 g/mol. The van der Waals surface area contributed by atoms with E-state index in [1.807, 2.05) is 31.1 Å². The number of hydrogen-bond donors (Lipinski definition) is 3. The molecule has 7 heteroatoms. The Kier molecular flexibility index (Phi) is 4.65. The molecule has 0 saturated carbocycles. The molecule has 2 atom stereocenters. The lowest BCUT2D eigenvalue weighted by molar-refractivity contribution is -0.129. The zero-order chi connectivity index (χ0) is 16.3. The molecule has 0 bridgehead atoms. The van der Waals surface area contributed by atoms with E-state index in [0.29, 0.717) is 5.69 Å². The number of rotatable bonds is 4. The van der Waals surface area contributed by atoms with Crippen LogP contribution in [0, 0.1) is 5.92 Å². The van der Waals surface area contributed by atoms with Crippen LogP contribution in [-0.4, -0.2) is 38.0 Å². The van der Waals surface area contributed by atoms with Gasteiger partial charge in [-0.3, -0.25) is 14.9 Å². The van der Waals surface area contributed by atoms with Crippen molar-refractivity contribution in [2.24, 2.45) is 5.92 Å². The van der Waals surface area contributed by atoms with Crippen molar-refractivity contribution in [2.45, 2.75) is 19.4 Å². The van der Waals surface area contributed by atoms with Crippen molar-refractivity contribution in [3.63, 3.8) is 0 Å². The molecule has 2 unspecified atom stereocenters. The minimum atomic E-state index is -0.571. The van der Waals surface area contributed by atoms with Gasteiger partial charge in [-0.05, 0) is 31.2 Å². The fraction of sp³-hybridized carbons (Fsp3) is 0.400. The van der Waals surface area contributed by atoms with Gasteiger partial charge in [0.2, 0.25) is 11.8 Å². The molecule has 0 radical (unpaired) electrons. The van der Waals surface area contributed by atoms with E-state index in [1.54, 1.807) is 19.1 Å². The van der Waals surface area contributed by atoms with Gasteiger partial charge in [0, 0.05) is 37.9 Å². The molecule has 0 aliphatic carbocycles. The fourth-order valence-electron chi connectivity index (χ4n) is 2.30. The first kappa shape index (κ1) is 15.8. The number of nitrogens with one attached hydrogen (secondary N) is 3. The Balaban J connectivity index is 1.95. The molecule has 2 rings (SSSR count). The summed E-state index contributed by atoms with van der Waals surface area (Å²) in [6.45, 7) is 1.71. The van der Waals surface area contributed by atoms with E-state index in [1.165, 1.54) is 0 Å². The summed E-state index contributed by atoms with van der Waals surface area (Å²) < 4.78 is 0. The van der Waals surface area contributed by atoms with Crippen molar-refractivity contribution >= 4 is 29.2 Å². The highest BCUT2D eigenvalue weighted by molar-refractivity contribution is 6.01. The summed E-state index contributed by atoms with van der Waals surface area (Å²) in [7, 11) is 3.87. The van der Waals surface area contributed by atoms with Gasteiger partial charge in [0.05, 0.1) is 5.92 Å². The quantitative estimate of drug-likeness (QED) is 0.771. The number of carbonyl (C=O) groups excluding carboxylic acids is 3. The summed E-state index contributed by atoms with van der Waals surface area (Å²) in [5.41, 5.74) is 1.70. The molecule has 1 heterocycles. The Bertz CT molecular complexity index is 583. The Morgan fingerprint density at radius 1 is 1.23 bits per heavy atom. The first-order valence-electron chi connectivity index (χ1n) is 7.05. The van der Waals surface area contributed by atoms with Crippen molar-refractivity contribution < 1.29 is 14.4 Å². The molecular formula is C15H20N4O3. The second kappa shape index (κ2) is 6.46. The maximum absolute atomic E-state index is 12.1. The van der Waals surface area contributed by atoms with Gasteiger partial charge in [-0.15, -0.1) is 0 Å². The number of nitrogens with zero attached hydrogens (tertiary/aromatic N) is 1. The third-order valence-electron chi connectivity index (χ3n) is 3.61. The normalized spacial score (nSPS) is 20.9. The highest BCUT2D eigenvalue weighted by Crippen LogP contribution is 2.18. The largest absolute Gasteiger partial charge is 0.378 e. The minimum Gasteiger partial charge on any atom is -0.378 e. The van der Waals surface area contributed by atoms with Crippen molar-refractivity contribution in [1.29, 1.82) is 0 Å². The standard InChI is InChI=1S/C15H20N4O3/c1-9-12(14(21)18-15(22)16-9)8-13(20)17-10-4-6-11(7-5-10)19(2)3/h4-7,9,12H,8H2,1-3H3,(H,17,20)(H2,16,18,21,22). The number of hydrogen-bond acceptors (Lipinski definition) is 4. The molecule has 1 aromatic carbocycles. The second-order valence-corrected chi connectivity index (χ2v) is 5.55. The van der Waals surface area contributed by atoms with E-state index in [9.17, 15) is 14.4 Å². The molecule has 1 saturated heterocycles. The van der Waals surface area contributed by atoms with Gasteiger partial charge in [0.15, 0.2) is 0 Å². The van der Waals surface area contributed by atoms with Crippen LogP contribution >= 0.6 is 0 Å². The van der Waals surface area contributed by atoms with Crippen LogP contribution in [0.15, 0.2) is 24.3 Å². The Morgan fingerprint density at radius 3 is 2.41 bits per heavy atom. The zero-order valence-electron chi connectivity index (χ0n) is 12.8. The minimum absolute atomic E-state index is 0.0166. The molecule has 7 nitrogen and oxygen atoms in total. The molecule has 1 fully saturated rings. The van der Waals surface area contributed by atoms with Crippen molar-refractivity contribution in [1.82, 2.24) is 10.6 Å². The SMILES string of the molecule is CC1NC(=O)NC(=O)C1CC(=O)Nc1ccc(N(C)C)cc1. The fourth-order valence-corrected chi connectivity index (χ4v) is 2.30. The van der Waals surface area contributed by atoms with Gasteiger partial charge in [-0.25, -0.2) is 4.79 Å². The summed E-state index contributed by atoms with van der Waals surface area (Å²) in [5, 5.41) is 7.52. The topological polar surface area (TPSA) is 90.5 Å². The molecule has 1 aliphatic heterocycles. The Morgan fingerprint density at radius 2 is 1.86 bits per heavy atom. The number of imide groups is 1. The summed E-state index contributed by atoms with van der Waals surface area (Å²) in [4.78, 5) is 36.9. The molecule has 0 aromatic heterocycles. The second-order valence-electron chi connectivity index (χ2n) is 5.55. The van der Waals surface area contributed by atoms with Crippen LogP contribution < -0.4 is 20.9 Å². The third kappa shape index (κ3) is 3.75. The van der Waals surface area contributed by atoms with Gasteiger partial charge < -0.3 is 15.5 Å². The molecule has 0 spiro atoms. The van der Waals surface area contributed by atoms with Gasteiger partial charge >= 0.3 is 6.03 Å². The predicted molar refractivity (Wildman–Crippen MR) is 83.6 cm³/mol. The monoisotopic (exact) mass is 304 g/mol. The lowest BCUT2D eigenvalue weighted by Gasteiger charge is -2.28. The molecule has 22 heavy (non-hydrogen) atoms. The average Bonchev–Trinajstić information content (AvgIpc) is 2.43. The van der Waals surface area contributed by atoms with E-state index in [0.717, 1.165) is 5.69 Å². The van der Waals surface area contributed by atoms with Crippen LogP contribution in [0.4, 0.5) is 16.2 Å². The van der Waals surface area contributed by atoms with E-state index in [2.05, 4.69) is 16.0 Å². The van der Waals surface area contributed by atoms with Crippen LogP contribution in [0.1, 0.15) is 13.3 Å².